The van der Waals surface area contributed by atoms with Crippen LogP contribution in [0.3, 0.4) is 0 Å². The lowest BCUT2D eigenvalue weighted by Gasteiger charge is -2.10. The average molecular weight is 335 g/mol. The van der Waals surface area contributed by atoms with Crippen molar-refractivity contribution >= 4 is 44.6 Å². The fourth-order valence-electron chi connectivity index (χ4n) is 1.46. The molecule has 2 aromatic carbocycles. The molecule has 0 atom stereocenters. The van der Waals surface area contributed by atoms with Gasteiger partial charge in [-0.1, -0.05) is 29.3 Å². The van der Waals surface area contributed by atoms with Crippen LogP contribution in [-0.4, -0.2) is 8.42 Å². The SMILES string of the molecule is Nc1ccc(S(=O)(=O)Nc2cccc(Cl)c2F)cc1Cl. The second-order valence-electron chi connectivity index (χ2n) is 3.89. The summed E-state index contributed by atoms with van der Waals surface area (Å²) in [4.78, 5) is -0.129. The van der Waals surface area contributed by atoms with Crippen molar-refractivity contribution in [3.8, 4) is 0 Å². The number of benzene rings is 2. The topological polar surface area (TPSA) is 72.2 Å². The highest BCUT2D eigenvalue weighted by Crippen LogP contribution is 2.27. The Balaban J connectivity index is 2.41. The summed E-state index contributed by atoms with van der Waals surface area (Å²) < 4.78 is 40.0. The molecule has 0 bridgehead atoms. The molecule has 0 saturated heterocycles. The van der Waals surface area contributed by atoms with E-state index in [1.165, 1.54) is 36.4 Å². The number of hydrogen-bond donors (Lipinski definition) is 2. The summed E-state index contributed by atoms with van der Waals surface area (Å²) in [6.07, 6.45) is 0. The van der Waals surface area contributed by atoms with E-state index in [4.69, 9.17) is 28.9 Å². The number of hydrogen-bond acceptors (Lipinski definition) is 3. The van der Waals surface area contributed by atoms with Crippen LogP contribution < -0.4 is 10.5 Å². The quantitative estimate of drug-likeness (QED) is 0.843. The predicted molar refractivity (Wildman–Crippen MR) is 78.1 cm³/mol. The summed E-state index contributed by atoms with van der Waals surface area (Å²) in [6.45, 7) is 0. The highest BCUT2D eigenvalue weighted by molar-refractivity contribution is 7.92. The van der Waals surface area contributed by atoms with Crippen molar-refractivity contribution < 1.29 is 12.8 Å². The molecule has 8 heteroatoms. The lowest BCUT2D eigenvalue weighted by atomic mass is 10.3. The maximum atomic E-state index is 13.7. The minimum absolute atomic E-state index is 0.0967. The van der Waals surface area contributed by atoms with Crippen LogP contribution in [0.2, 0.25) is 10.0 Å². The zero-order chi connectivity index (χ0) is 14.9. The third kappa shape index (κ3) is 2.98. The van der Waals surface area contributed by atoms with Gasteiger partial charge in [0.1, 0.15) is 0 Å². The van der Waals surface area contributed by atoms with Crippen molar-refractivity contribution in [2.75, 3.05) is 10.5 Å². The van der Waals surface area contributed by atoms with Gasteiger partial charge in [-0.2, -0.15) is 0 Å². The average Bonchev–Trinajstić information content (AvgIpc) is 2.38. The number of sulfonamides is 1. The molecule has 0 heterocycles. The predicted octanol–water partition coefficient (Wildman–Crippen LogP) is 3.52. The van der Waals surface area contributed by atoms with E-state index >= 15 is 0 Å². The van der Waals surface area contributed by atoms with E-state index in [1.807, 2.05) is 0 Å². The maximum Gasteiger partial charge on any atom is 0.262 e. The summed E-state index contributed by atoms with van der Waals surface area (Å²) in [5, 5.41) is -0.0834. The first kappa shape index (κ1) is 14.9. The number of nitrogens with one attached hydrogen (secondary N) is 1. The Morgan fingerprint density at radius 1 is 1.10 bits per heavy atom. The molecule has 0 amide bonds. The summed E-state index contributed by atoms with van der Waals surface area (Å²) in [5.74, 6) is -0.848. The molecular weight excluding hydrogens is 326 g/mol. The first-order chi connectivity index (χ1) is 9.31. The third-order valence-corrected chi connectivity index (χ3v) is 4.46. The normalized spacial score (nSPS) is 11.3. The monoisotopic (exact) mass is 334 g/mol. The zero-order valence-electron chi connectivity index (χ0n) is 9.90. The van der Waals surface area contributed by atoms with Gasteiger partial charge in [-0.15, -0.1) is 0 Å². The maximum absolute atomic E-state index is 13.7. The van der Waals surface area contributed by atoms with E-state index in [0.717, 1.165) is 0 Å². The lowest BCUT2D eigenvalue weighted by molar-refractivity contribution is 0.598. The molecule has 0 aliphatic heterocycles. The summed E-state index contributed by atoms with van der Waals surface area (Å²) >= 11 is 11.4. The van der Waals surface area contributed by atoms with Gasteiger partial charge in [-0.05, 0) is 30.3 Å². The van der Waals surface area contributed by atoms with Crippen LogP contribution in [-0.2, 0) is 10.0 Å². The molecule has 106 valence electrons. The van der Waals surface area contributed by atoms with Gasteiger partial charge in [-0.25, -0.2) is 12.8 Å². The molecule has 0 fully saturated rings. The smallest absolute Gasteiger partial charge is 0.262 e. The summed E-state index contributed by atoms with van der Waals surface area (Å²) in [7, 11) is -3.98. The second kappa shape index (κ2) is 5.47. The van der Waals surface area contributed by atoms with Gasteiger partial charge in [0.2, 0.25) is 0 Å². The van der Waals surface area contributed by atoms with Crippen LogP contribution in [0.25, 0.3) is 0 Å². The van der Waals surface area contributed by atoms with Gasteiger partial charge in [0, 0.05) is 0 Å². The highest BCUT2D eigenvalue weighted by atomic mass is 35.5. The van der Waals surface area contributed by atoms with E-state index in [1.54, 1.807) is 0 Å². The number of rotatable bonds is 3. The Labute approximate surface area is 125 Å². The lowest BCUT2D eigenvalue weighted by Crippen LogP contribution is -2.14. The third-order valence-electron chi connectivity index (χ3n) is 2.48. The molecule has 2 rings (SSSR count). The van der Waals surface area contributed by atoms with Crippen molar-refractivity contribution in [3.05, 3.63) is 52.3 Å². The van der Waals surface area contributed by atoms with Gasteiger partial charge in [0.15, 0.2) is 5.82 Å². The molecular formula is C12H9Cl2FN2O2S. The largest absolute Gasteiger partial charge is 0.398 e. The minimum atomic E-state index is -3.98. The van der Waals surface area contributed by atoms with Crippen LogP contribution in [0.4, 0.5) is 15.8 Å². The molecule has 0 unspecified atom stereocenters. The Kier molecular flexibility index (Phi) is 4.08. The van der Waals surface area contributed by atoms with Crippen molar-refractivity contribution in [3.63, 3.8) is 0 Å². The molecule has 0 aliphatic rings. The Morgan fingerprint density at radius 3 is 2.45 bits per heavy atom. The Bertz CT molecular complexity index is 766. The molecule has 0 radical (unpaired) electrons. The number of anilines is 2. The highest BCUT2D eigenvalue weighted by Gasteiger charge is 2.18. The van der Waals surface area contributed by atoms with E-state index < -0.39 is 15.8 Å². The van der Waals surface area contributed by atoms with Crippen LogP contribution in [0, 0.1) is 5.82 Å². The molecule has 0 spiro atoms. The first-order valence-electron chi connectivity index (χ1n) is 5.33. The summed E-state index contributed by atoms with van der Waals surface area (Å²) in [6, 6.07) is 7.81. The summed E-state index contributed by atoms with van der Waals surface area (Å²) in [5.41, 5.74) is 5.51. The number of nitrogens with two attached hydrogens (primary N) is 1. The number of halogens is 3. The Morgan fingerprint density at radius 2 is 1.80 bits per heavy atom. The van der Waals surface area contributed by atoms with E-state index in [-0.39, 0.29) is 26.3 Å². The van der Waals surface area contributed by atoms with Gasteiger partial charge < -0.3 is 5.73 Å². The van der Waals surface area contributed by atoms with E-state index in [0.29, 0.717) is 0 Å². The number of nitrogen functional groups attached to an aromatic ring is 1. The van der Waals surface area contributed by atoms with E-state index in [9.17, 15) is 12.8 Å². The van der Waals surface area contributed by atoms with E-state index in [2.05, 4.69) is 4.72 Å². The Hall–Kier alpha value is -1.50. The van der Waals surface area contributed by atoms with Crippen molar-refractivity contribution in [1.82, 2.24) is 0 Å². The molecule has 2 aromatic rings. The van der Waals surface area contributed by atoms with Gasteiger partial charge >= 0.3 is 0 Å². The first-order valence-corrected chi connectivity index (χ1v) is 7.57. The van der Waals surface area contributed by atoms with Crippen molar-refractivity contribution in [2.45, 2.75) is 4.90 Å². The van der Waals surface area contributed by atoms with Crippen LogP contribution >= 0.6 is 23.2 Å². The molecule has 20 heavy (non-hydrogen) atoms. The van der Waals surface area contributed by atoms with Crippen LogP contribution in [0.15, 0.2) is 41.3 Å². The van der Waals surface area contributed by atoms with Gasteiger partial charge in [0.25, 0.3) is 10.0 Å². The molecule has 3 N–H and O–H groups in total. The molecule has 0 aliphatic carbocycles. The second-order valence-corrected chi connectivity index (χ2v) is 6.39. The van der Waals surface area contributed by atoms with Crippen molar-refractivity contribution in [2.24, 2.45) is 0 Å². The van der Waals surface area contributed by atoms with Crippen LogP contribution in [0.1, 0.15) is 0 Å². The van der Waals surface area contributed by atoms with Crippen molar-refractivity contribution in [1.29, 1.82) is 0 Å². The molecule has 0 saturated carbocycles. The fraction of sp³-hybridized carbons (Fsp3) is 0. The molecule has 0 aromatic heterocycles. The minimum Gasteiger partial charge on any atom is -0.398 e. The van der Waals surface area contributed by atoms with Gasteiger partial charge in [0.05, 0.1) is 26.3 Å². The fourth-order valence-corrected chi connectivity index (χ4v) is 2.97. The van der Waals surface area contributed by atoms with Gasteiger partial charge in [-0.3, -0.25) is 4.72 Å². The standard InChI is InChI=1S/C12H9Cl2FN2O2S/c13-8-2-1-3-11(12(8)15)17-20(18,19)7-4-5-10(16)9(14)6-7/h1-6,17H,16H2. The molecule has 4 nitrogen and oxygen atoms in total. The zero-order valence-corrected chi connectivity index (χ0v) is 12.2. The van der Waals surface area contributed by atoms with Crippen LogP contribution in [0.5, 0.6) is 0 Å².